The molecule has 3 aromatic carbocycles. The van der Waals surface area contributed by atoms with E-state index in [-0.39, 0.29) is 22.8 Å². The van der Waals surface area contributed by atoms with Crippen LogP contribution in [0, 0.1) is 0 Å². The zero-order valence-electron chi connectivity index (χ0n) is 19.8. The zero-order valence-corrected chi connectivity index (χ0v) is 20.6. The van der Waals surface area contributed by atoms with Gasteiger partial charge < -0.3 is 20.1 Å². The van der Waals surface area contributed by atoms with Gasteiger partial charge in [-0.25, -0.2) is 8.42 Å². The van der Waals surface area contributed by atoms with E-state index in [1.54, 1.807) is 31.2 Å². The smallest absolute Gasteiger partial charge is 0.416 e. The third-order valence-corrected chi connectivity index (χ3v) is 7.85. The van der Waals surface area contributed by atoms with E-state index >= 15 is 0 Å². The number of nitrogens with one attached hydrogen (secondary N) is 1. The summed E-state index contributed by atoms with van der Waals surface area (Å²) in [6, 6.07) is 14.8. The van der Waals surface area contributed by atoms with Gasteiger partial charge in [0.25, 0.3) is 5.91 Å². The van der Waals surface area contributed by atoms with Gasteiger partial charge in [0.05, 0.1) is 41.1 Å². The van der Waals surface area contributed by atoms with Gasteiger partial charge in [0, 0.05) is 11.3 Å². The third kappa shape index (κ3) is 5.72. The number of anilines is 2. The molecule has 1 aliphatic heterocycles. The lowest BCUT2D eigenvalue weighted by Crippen LogP contribution is -2.32. The monoisotopic (exact) mass is 534 g/mol. The van der Waals surface area contributed by atoms with Gasteiger partial charge in [0.2, 0.25) is 0 Å². The molecule has 0 saturated carbocycles. The molecule has 1 atom stereocenters. The number of alkyl halides is 3. The number of fused-ring (bicyclic) bond motifs is 1. The molecule has 0 aromatic heterocycles. The summed E-state index contributed by atoms with van der Waals surface area (Å²) in [4.78, 5) is 14.9. The van der Waals surface area contributed by atoms with Crippen molar-refractivity contribution >= 4 is 27.1 Å². The Kier molecular flexibility index (Phi) is 7.47. The molecular weight excluding hydrogens is 509 g/mol. The predicted molar refractivity (Wildman–Crippen MR) is 132 cm³/mol. The molecule has 3 aromatic rings. The second-order valence-corrected chi connectivity index (χ2v) is 10.7. The molecule has 1 amide bonds. The third-order valence-electron chi connectivity index (χ3n) is 6.10. The molecule has 37 heavy (non-hydrogen) atoms. The van der Waals surface area contributed by atoms with Crippen LogP contribution in [-0.4, -0.2) is 44.9 Å². The van der Waals surface area contributed by atoms with Crippen LogP contribution in [-0.2, 0) is 16.0 Å². The molecule has 11 heteroatoms. The minimum Gasteiger partial charge on any atom is -0.490 e. The number of carbonyl (C=O) groups is 1. The summed E-state index contributed by atoms with van der Waals surface area (Å²) in [6.45, 7) is 1.82. The predicted octanol–water partition coefficient (Wildman–Crippen LogP) is 4.49. The van der Waals surface area contributed by atoms with Crippen molar-refractivity contribution < 1.29 is 36.2 Å². The minimum atomic E-state index is -4.43. The van der Waals surface area contributed by atoms with Crippen molar-refractivity contribution in [2.45, 2.75) is 24.0 Å². The van der Waals surface area contributed by atoms with E-state index in [2.05, 4.69) is 5.32 Å². The second kappa shape index (κ2) is 10.4. The van der Waals surface area contributed by atoms with Gasteiger partial charge in [-0.15, -0.1) is 0 Å². The van der Waals surface area contributed by atoms with Gasteiger partial charge in [0.15, 0.2) is 9.84 Å². The maximum atomic E-state index is 12.9. The summed E-state index contributed by atoms with van der Waals surface area (Å²) >= 11 is 0. The Morgan fingerprint density at radius 2 is 1.76 bits per heavy atom. The van der Waals surface area contributed by atoms with E-state index in [1.165, 1.54) is 30.3 Å². The average Bonchev–Trinajstić information content (AvgIpc) is 2.90. The molecule has 0 fully saturated rings. The van der Waals surface area contributed by atoms with E-state index in [4.69, 9.17) is 4.74 Å². The van der Waals surface area contributed by atoms with Crippen LogP contribution in [0.3, 0.4) is 0 Å². The van der Waals surface area contributed by atoms with E-state index in [0.717, 1.165) is 12.1 Å². The highest BCUT2D eigenvalue weighted by Crippen LogP contribution is 2.38. The number of carbonyl (C=O) groups excluding carboxylic acids is 1. The van der Waals surface area contributed by atoms with Crippen LogP contribution in [0.5, 0.6) is 5.75 Å². The molecule has 0 unspecified atom stereocenters. The molecule has 0 spiro atoms. The number of amides is 1. The standard InChI is InChI=1S/C26H25F3N2O5S/c1-2-37(34,35)21-10-3-17(4-11-21)22(16-32)30-25(33)18-5-12-23-24(15-18)36-14-13-31(23)20-8-6-19(7-9-20)26(27,28)29/h3-12,15,22,32H,2,13-14,16H2,1H3,(H,30,33)/t22-/m0/s1. The van der Waals surface area contributed by atoms with Gasteiger partial charge in [-0.05, 0) is 60.2 Å². The molecule has 1 heterocycles. The van der Waals surface area contributed by atoms with E-state index in [0.29, 0.717) is 29.2 Å². The van der Waals surface area contributed by atoms with Crippen molar-refractivity contribution in [2.75, 3.05) is 30.4 Å². The number of rotatable bonds is 7. The Morgan fingerprint density at radius 3 is 2.35 bits per heavy atom. The highest BCUT2D eigenvalue weighted by molar-refractivity contribution is 7.91. The number of sulfone groups is 1. The van der Waals surface area contributed by atoms with Crippen molar-refractivity contribution in [3.05, 3.63) is 83.4 Å². The lowest BCUT2D eigenvalue weighted by Gasteiger charge is -2.31. The molecule has 4 rings (SSSR count). The van der Waals surface area contributed by atoms with E-state index in [9.17, 15) is 31.5 Å². The summed E-state index contributed by atoms with van der Waals surface area (Å²) in [5.41, 5.74) is 1.22. The van der Waals surface area contributed by atoms with Gasteiger partial charge in [-0.1, -0.05) is 19.1 Å². The molecule has 0 radical (unpaired) electrons. The number of aliphatic hydroxyl groups is 1. The minimum absolute atomic E-state index is 0.0385. The normalized spacial score (nSPS) is 14.5. The maximum Gasteiger partial charge on any atom is 0.416 e. The van der Waals surface area contributed by atoms with Crippen LogP contribution in [0.15, 0.2) is 71.6 Å². The molecule has 196 valence electrons. The Balaban J connectivity index is 1.52. The Hall–Kier alpha value is -3.57. The highest BCUT2D eigenvalue weighted by atomic mass is 32.2. The first-order valence-electron chi connectivity index (χ1n) is 11.5. The Morgan fingerprint density at radius 1 is 1.08 bits per heavy atom. The zero-order chi connectivity index (χ0) is 26.8. The fraction of sp³-hybridized carbons (Fsp3) is 0.269. The lowest BCUT2D eigenvalue weighted by molar-refractivity contribution is -0.137. The number of hydrogen-bond acceptors (Lipinski definition) is 6. The number of benzene rings is 3. The summed E-state index contributed by atoms with van der Waals surface area (Å²) in [6.07, 6.45) is -4.43. The first kappa shape index (κ1) is 26.5. The number of halogens is 3. The molecule has 2 N–H and O–H groups in total. The summed E-state index contributed by atoms with van der Waals surface area (Å²) < 4.78 is 68.5. The van der Waals surface area contributed by atoms with Gasteiger partial charge in [0.1, 0.15) is 12.4 Å². The van der Waals surface area contributed by atoms with Crippen LogP contribution in [0.4, 0.5) is 24.5 Å². The molecule has 7 nitrogen and oxygen atoms in total. The van der Waals surface area contributed by atoms with Crippen LogP contribution >= 0.6 is 0 Å². The summed E-state index contributed by atoms with van der Waals surface area (Å²) in [5.74, 6) is -0.126. The molecular formula is C26H25F3N2O5S. The number of aliphatic hydroxyl groups excluding tert-OH is 1. The maximum absolute atomic E-state index is 12.9. The quantitative estimate of drug-likeness (QED) is 0.464. The van der Waals surface area contributed by atoms with Gasteiger partial charge in [-0.3, -0.25) is 4.79 Å². The molecule has 0 saturated heterocycles. The van der Waals surface area contributed by atoms with Gasteiger partial charge in [-0.2, -0.15) is 13.2 Å². The second-order valence-electron chi connectivity index (χ2n) is 8.41. The topological polar surface area (TPSA) is 95.9 Å². The van der Waals surface area contributed by atoms with Crippen LogP contribution in [0.25, 0.3) is 0 Å². The van der Waals surface area contributed by atoms with Crippen LogP contribution in [0.2, 0.25) is 0 Å². The fourth-order valence-electron chi connectivity index (χ4n) is 4.01. The Labute approximate surface area is 212 Å². The number of nitrogens with zero attached hydrogens (tertiary/aromatic N) is 1. The van der Waals surface area contributed by atoms with Crippen molar-refractivity contribution in [1.82, 2.24) is 5.32 Å². The van der Waals surface area contributed by atoms with Crippen LogP contribution in [0.1, 0.15) is 34.5 Å². The van der Waals surface area contributed by atoms with Crippen molar-refractivity contribution in [2.24, 2.45) is 0 Å². The molecule has 0 aliphatic carbocycles. The van der Waals surface area contributed by atoms with Crippen molar-refractivity contribution in [3.63, 3.8) is 0 Å². The highest BCUT2D eigenvalue weighted by Gasteiger charge is 2.30. The molecule has 0 bridgehead atoms. The first-order chi connectivity index (χ1) is 17.5. The molecule has 1 aliphatic rings. The number of ether oxygens (including phenoxy) is 1. The summed E-state index contributed by atoms with van der Waals surface area (Å²) in [5, 5.41) is 12.6. The fourth-order valence-corrected chi connectivity index (χ4v) is 4.89. The summed E-state index contributed by atoms with van der Waals surface area (Å²) in [7, 11) is -3.37. The largest absolute Gasteiger partial charge is 0.490 e. The first-order valence-corrected chi connectivity index (χ1v) is 13.1. The van der Waals surface area contributed by atoms with Crippen molar-refractivity contribution in [1.29, 1.82) is 0 Å². The van der Waals surface area contributed by atoms with Gasteiger partial charge >= 0.3 is 6.18 Å². The van der Waals surface area contributed by atoms with Crippen LogP contribution < -0.4 is 15.0 Å². The average molecular weight is 535 g/mol. The van der Waals surface area contributed by atoms with E-state index in [1.807, 2.05) is 4.90 Å². The van der Waals surface area contributed by atoms with E-state index < -0.39 is 40.1 Å². The van der Waals surface area contributed by atoms with Crippen molar-refractivity contribution in [3.8, 4) is 5.75 Å². The lowest BCUT2D eigenvalue weighted by atomic mass is 10.1. The SMILES string of the molecule is CCS(=O)(=O)c1ccc([C@H](CO)NC(=O)c2ccc3c(c2)OCCN3c2ccc(C(F)(F)F)cc2)cc1. The Bertz CT molecular complexity index is 1370. The number of hydrogen-bond donors (Lipinski definition) is 2.